The fraction of sp³-hybridized carbons (Fsp3) is 0.250. The molecule has 0 radical (unpaired) electrons. The van der Waals surface area contributed by atoms with E-state index in [0.29, 0.717) is 5.75 Å². The van der Waals surface area contributed by atoms with Gasteiger partial charge in [0.1, 0.15) is 11.9 Å². The first-order valence-electron chi connectivity index (χ1n) is 8.43. The van der Waals surface area contributed by atoms with Crippen LogP contribution in [0, 0.1) is 6.92 Å². The number of carbonyl (C=O) groups excluding carboxylic acids is 1. The Balaban J connectivity index is 1.95. The van der Waals surface area contributed by atoms with Crippen molar-refractivity contribution in [2.75, 3.05) is 13.7 Å². The molecule has 142 valence electrons. The SMILES string of the molecule is C=C[C@@H]1OC(=O)N(S(=O)(=O)c2ccc(C)cc2)C[C@H]1c1ccc(OC)cc1. The van der Waals surface area contributed by atoms with Crippen LogP contribution in [0.15, 0.2) is 66.1 Å². The number of sulfonamides is 1. The summed E-state index contributed by atoms with van der Waals surface area (Å²) in [7, 11) is -2.44. The predicted molar refractivity (Wildman–Crippen MR) is 101 cm³/mol. The van der Waals surface area contributed by atoms with Gasteiger partial charge in [-0.05, 0) is 36.8 Å². The van der Waals surface area contributed by atoms with E-state index < -0.39 is 22.2 Å². The molecular formula is C20H21NO5S. The molecule has 1 fully saturated rings. The highest BCUT2D eigenvalue weighted by Gasteiger charge is 2.41. The maximum Gasteiger partial charge on any atom is 0.424 e. The Hall–Kier alpha value is -2.80. The van der Waals surface area contributed by atoms with E-state index in [-0.39, 0.29) is 17.4 Å². The second-order valence-electron chi connectivity index (χ2n) is 6.31. The average Bonchev–Trinajstić information content (AvgIpc) is 2.68. The van der Waals surface area contributed by atoms with Crippen molar-refractivity contribution in [2.45, 2.75) is 23.8 Å². The van der Waals surface area contributed by atoms with E-state index in [9.17, 15) is 13.2 Å². The lowest BCUT2D eigenvalue weighted by molar-refractivity contribution is 0.0574. The lowest BCUT2D eigenvalue weighted by atomic mass is 9.92. The maximum absolute atomic E-state index is 13.0. The third-order valence-electron chi connectivity index (χ3n) is 4.58. The summed E-state index contributed by atoms with van der Waals surface area (Å²) < 4.78 is 37.2. The number of aryl methyl sites for hydroxylation is 1. The van der Waals surface area contributed by atoms with Crippen LogP contribution in [0.25, 0.3) is 0 Å². The summed E-state index contributed by atoms with van der Waals surface area (Å²) in [6.07, 6.45) is 0.00317. The van der Waals surface area contributed by atoms with Crippen molar-refractivity contribution < 1.29 is 22.7 Å². The Bertz CT molecular complexity index is 935. The molecule has 3 rings (SSSR count). The fourth-order valence-corrected chi connectivity index (χ4v) is 4.34. The van der Waals surface area contributed by atoms with E-state index >= 15 is 0 Å². The van der Waals surface area contributed by atoms with Crippen molar-refractivity contribution in [1.29, 1.82) is 0 Å². The molecule has 0 saturated carbocycles. The molecule has 0 spiro atoms. The third-order valence-corrected chi connectivity index (χ3v) is 6.33. The summed E-state index contributed by atoms with van der Waals surface area (Å²) in [4.78, 5) is 12.4. The van der Waals surface area contributed by atoms with E-state index in [1.165, 1.54) is 18.2 Å². The number of hydrogen-bond donors (Lipinski definition) is 0. The molecule has 0 N–H and O–H groups in total. The van der Waals surface area contributed by atoms with Gasteiger partial charge >= 0.3 is 6.09 Å². The molecule has 1 aliphatic heterocycles. The summed E-state index contributed by atoms with van der Waals surface area (Å²) in [5, 5.41) is 0. The van der Waals surface area contributed by atoms with Gasteiger partial charge in [0.05, 0.1) is 18.6 Å². The molecule has 6 nitrogen and oxygen atoms in total. The molecule has 2 aromatic carbocycles. The highest BCUT2D eigenvalue weighted by atomic mass is 32.2. The van der Waals surface area contributed by atoms with E-state index in [0.717, 1.165) is 15.4 Å². The minimum absolute atomic E-state index is 0.0297. The molecule has 1 aliphatic rings. The van der Waals surface area contributed by atoms with E-state index in [1.54, 1.807) is 31.4 Å². The number of ether oxygens (including phenoxy) is 2. The van der Waals surface area contributed by atoms with E-state index in [1.807, 2.05) is 19.1 Å². The van der Waals surface area contributed by atoms with E-state index in [2.05, 4.69) is 6.58 Å². The Morgan fingerprint density at radius 3 is 2.33 bits per heavy atom. The fourth-order valence-electron chi connectivity index (χ4n) is 3.01. The van der Waals surface area contributed by atoms with Crippen LogP contribution in [-0.4, -0.2) is 38.6 Å². The van der Waals surface area contributed by atoms with Crippen molar-refractivity contribution in [1.82, 2.24) is 4.31 Å². The number of rotatable bonds is 5. The minimum Gasteiger partial charge on any atom is -0.497 e. The Labute approximate surface area is 159 Å². The number of carbonyl (C=O) groups is 1. The van der Waals surface area contributed by atoms with Gasteiger partial charge < -0.3 is 9.47 Å². The van der Waals surface area contributed by atoms with Gasteiger partial charge in [0.25, 0.3) is 10.0 Å². The number of nitrogens with zero attached hydrogens (tertiary/aromatic N) is 1. The number of benzene rings is 2. The summed E-state index contributed by atoms with van der Waals surface area (Å²) >= 11 is 0. The van der Waals surface area contributed by atoms with Crippen molar-refractivity contribution in [3.05, 3.63) is 72.3 Å². The number of amides is 1. The van der Waals surface area contributed by atoms with Crippen molar-refractivity contribution in [3.63, 3.8) is 0 Å². The largest absolute Gasteiger partial charge is 0.497 e. The highest BCUT2D eigenvalue weighted by Crippen LogP contribution is 2.33. The molecule has 7 heteroatoms. The average molecular weight is 387 g/mol. The zero-order valence-electron chi connectivity index (χ0n) is 15.2. The van der Waals surface area contributed by atoms with Crippen LogP contribution >= 0.6 is 0 Å². The van der Waals surface area contributed by atoms with Crippen molar-refractivity contribution >= 4 is 16.1 Å². The first kappa shape index (κ1) is 19.0. The lowest BCUT2D eigenvalue weighted by Gasteiger charge is -2.36. The van der Waals surface area contributed by atoms with Crippen LogP contribution in [0.5, 0.6) is 5.75 Å². The smallest absolute Gasteiger partial charge is 0.424 e. The third kappa shape index (κ3) is 3.68. The topological polar surface area (TPSA) is 72.9 Å². The van der Waals surface area contributed by atoms with Gasteiger partial charge in [-0.15, -0.1) is 0 Å². The predicted octanol–water partition coefficient (Wildman–Crippen LogP) is 3.48. The molecule has 2 atom stereocenters. The lowest BCUT2D eigenvalue weighted by Crippen LogP contribution is -2.48. The summed E-state index contributed by atoms with van der Waals surface area (Å²) in [5.74, 6) is 0.317. The zero-order chi connectivity index (χ0) is 19.6. The number of hydrogen-bond acceptors (Lipinski definition) is 5. The zero-order valence-corrected chi connectivity index (χ0v) is 16.0. The molecule has 0 unspecified atom stereocenters. The van der Waals surface area contributed by atoms with Crippen LogP contribution in [0.3, 0.4) is 0 Å². The molecule has 1 saturated heterocycles. The normalized spacial score (nSPS) is 20.1. The first-order chi connectivity index (χ1) is 12.9. The second-order valence-corrected chi connectivity index (χ2v) is 8.18. The van der Waals surface area contributed by atoms with Gasteiger partial charge in [0.2, 0.25) is 0 Å². The summed E-state index contributed by atoms with van der Waals surface area (Å²) in [6, 6.07) is 13.6. The van der Waals surface area contributed by atoms with Gasteiger partial charge in [-0.2, -0.15) is 4.31 Å². The Morgan fingerprint density at radius 1 is 1.15 bits per heavy atom. The van der Waals surface area contributed by atoms with Crippen molar-refractivity contribution in [3.8, 4) is 5.75 Å². The number of cyclic esters (lactones) is 1. The summed E-state index contributed by atoms with van der Waals surface area (Å²) in [5.41, 5.74) is 1.76. The standard InChI is InChI=1S/C20H21NO5S/c1-4-19-18(15-7-9-16(25-3)10-8-15)13-21(20(22)26-19)27(23,24)17-11-5-14(2)6-12-17/h4-12,18-19H,1,13H2,2-3H3/t18-,19-/m0/s1. The van der Waals surface area contributed by atoms with Crippen LogP contribution in [0.1, 0.15) is 17.0 Å². The van der Waals surface area contributed by atoms with Gasteiger partial charge in [-0.25, -0.2) is 13.2 Å². The molecule has 27 heavy (non-hydrogen) atoms. The number of methoxy groups -OCH3 is 1. The second kappa shape index (κ2) is 7.44. The maximum atomic E-state index is 13.0. The van der Waals surface area contributed by atoms with Gasteiger partial charge in [0.15, 0.2) is 0 Å². The Kier molecular flexibility index (Phi) is 5.23. The van der Waals surface area contributed by atoms with Gasteiger partial charge in [-0.3, -0.25) is 0 Å². The molecular weight excluding hydrogens is 366 g/mol. The van der Waals surface area contributed by atoms with Gasteiger partial charge in [-0.1, -0.05) is 42.5 Å². The van der Waals surface area contributed by atoms with Crippen LogP contribution in [0.2, 0.25) is 0 Å². The van der Waals surface area contributed by atoms with Crippen LogP contribution < -0.4 is 4.74 Å². The molecule has 0 bridgehead atoms. The van der Waals surface area contributed by atoms with Crippen LogP contribution in [0.4, 0.5) is 4.79 Å². The molecule has 0 aromatic heterocycles. The molecule has 1 amide bonds. The monoisotopic (exact) mass is 387 g/mol. The van der Waals surface area contributed by atoms with Crippen LogP contribution in [-0.2, 0) is 14.8 Å². The summed E-state index contributed by atoms with van der Waals surface area (Å²) in [6.45, 7) is 5.54. The molecule has 2 aromatic rings. The minimum atomic E-state index is -4.01. The molecule has 1 heterocycles. The van der Waals surface area contributed by atoms with Crippen molar-refractivity contribution in [2.24, 2.45) is 0 Å². The highest BCUT2D eigenvalue weighted by molar-refractivity contribution is 7.89. The molecule has 0 aliphatic carbocycles. The Morgan fingerprint density at radius 2 is 1.78 bits per heavy atom. The quantitative estimate of drug-likeness (QED) is 0.735. The van der Waals surface area contributed by atoms with Gasteiger partial charge in [0, 0.05) is 5.92 Å². The first-order valence-corrected chi connectivity index (χ1v) is 9.87. The van der Waals surface area contributed by atoms with E-state index in [4.69, 9.17) is 9.47 Å².